The van der Waals surface area contributed by atoms with Crippen LogP contribution in [-0.4, -0.2) is 60.2 Å². The molecule has 0 aliphatic heterocycles. The second-order valence-corrected chi connectivity index (χ2v) is 11.8. The maximum Gasteiger partial charge on any atom is 0.224 e. The van der Waals surface area contributed by atoms with Gasteiger partial charge in [0.15, 0.2) is 5.72 Å². The van der Waals surface area contributed by atoms with Crippen molar-refractivity contribution in [3.8, 4) is 10.6 Å². The summed E-state index contributed by atoms with van der Waals surface area (Å²) in [6, 6.07) is 1.94. The van der Waals surface area contributed by atoms with Gasteiger partial charge in [-0.05, 0) is 69.8 Å². The summed E-state index contributed by atoms with van der Waals surface area (Å²) in [5, 5.41) is 38.9. The summed E-state index contributed by atoms with van der Waals surface area (Å²) in [6.07, 6.45) is 6.76. The third-order valence-electron chi connectivity index (χ3n) is 8.14. The molecule has 3 aliphatic rings. The summed E-state index contributed by atoms with van der Waals surface area (Å²) in [7, 11) is 0. The highest BCUT2D eigenvalue weighted by molar-refractivity contribution is 7.21. The molecule has 186 valence electrons. The molecule has 3 aromatic rings. The fourth-order valence-corrected chi connectivity index (χ4v) is 6.96. The van der Waals surface area contributed by atoms with Crippen LogP contribution in [0.1, 0.15) is 49.9 Å². The van der Waals surface area contributed by atoms with Crippen LogP contribution >= 0.6 is 11.3 Å². The maximum atomic E-state index is 11.3. The molecule has 3 atom stereocenters. The van der Waals surface area contributed by atoms with E-state index >= 15 is 0 Å². The van der Waals surface area contributed by atoms with Crippen molar-refractivity contribution in [1.29, 1.82) is 0 Å². The molecule has 3 aromatic heterocycles. The number of anilines is 2. The van der Waals surface area contributed by atoms with Crippen molar-refractivity contribution in [2.45, 2.75) is 64.2 Å². The molecular formula is C25H32N6O3S. The van der Waals surface area contributed by atoms with E-state index in [-0.39, 0.29) is 12.5 Å². The smallest absolute Gasteiger partial charge is 0.224 e. The highest BCUT2D eigenvalue weighted by Crippen LogP contribution is 2.63. The van der Waals surface area contributed by atoms with Crippen LogP contribution < -0.4 is 10.6 Å². The molecule has 0 amide bonds. The van der Waals surface area contributed by atoms with Gasteiger partial charge in [-0.3, -0.25) is 4.98 Å². The quantitative estimate of drug-likeness (QED) is 0.312. The van der Waals surface area contributed by atoms with Crippen LogP contribution in [0.3, 0.4) is 0 Å². The highest BCUT2D eigenvalue weighted by atomic mass is 32.1. The summed E-state index contributed by atoms with van der Waals surface area (Å²) in [6.45, 7) is 4.49. The van der Waals surface area contributed by atoms with Gasteiger partial charge in [-0.2, -0.15) is 4.98 Å². The van der Waals surface area contributed by atoms with Crippen molar-refractivity contribution in [1.82, 2.24) is 19.9 Å². The number of nitrogens with one attached hydrogen (secondary N) is 2. The molecule has 5 N–H and O–H groups in total. The Bertz CT molecular complexity index is 1270. The number of nitrogens with zero attached hydrogens (tertiary/aromatic N) is 4. The van der Waals surface area contributed by atoms with E-state index in [2.05, 4.69) is 15.6 Å². The van der Waals surface area contributed by atoms with E-state index in [1.54, 1.807) is 6.20 Å². The molecule has 10 heteroatoms. The molecule has 0 bridgehead atoms. The van der Waals surface area contributed by atoms with Crippen LogP contribution in [0.5, 0.6) is 0 Å². The van der Waals surface area contributed by atoms with Gasteiger partial charge in [0.2, 0.25) is 5.95 Å². The number of fused-ring (bicyclic) bond motifs is 1. The van der Waals surface area contributed by atoms with Crippen molar-refractivity contribution < 1.29 is 15.3 Å². The first-order valence-electron chi connectivity index (χ1n) is 12.4. The normalized spacial score (nSPS) is 27.3. The van der Waals surface area contributed by atoms with Gasteiger partial charge >= 0.3 is 0 Å². The Labute approximate surface area is 208 Å². The zero-order valence-corrected chi connectivity index (χ0v) is 20.9. The van der Waals surface area contributed by atoms with E-state index in [0.717, 1.165) is 33.2 Å². The van der Waals surface area contributed by atoms with Crippen molar-refractivity contribution in [3.05, 3.63) is 23.7 Å². The van der Waals surface area contributed by atoms with E-state index < -0.39 is 11.8 Å². The number of aliphatic hydroxyl groups excluding tert-OH is 2. The van der Waals surface area contributed by atoms with E-state index in [4.69, 9.17) is 15.0 Å². The van der Waals surface area contributed by atoms with E-state index in [1.807, 2.05) is 19.9 Å². The van der Waals surface area contributed by atoms with E-state index in [0.29, 0.717) is 41.5 Å². The van der Waals surface area contributed by atoms with Gasteiger partial charge in [-0.25, -0.2) is 9.97 Å². The van der Waals surface area contributed by atoms with Crippen LogP contribution in [0, 0.1) is 31.1 Å². The Hall–Kier alpha value is -2.40. The summed E-state index contributed by atoms with van der Waals surface area (Å²) >= 11 is 1.52. The Kier molecular flexibility index (Phi) is 5.48. The van der Waals surface area contributed by atoms with Crippen LogP contribution in [0.4, 0.5) is 11.8 Å². The Morgan fingerprint density at radius 2 is 1.91 bits per heavy atom. The molecule has 3 aliphatic carbocycles. The van der Waals surface area contributed by atoms with Gasteiger partial charge in [0.25, 0.3) is 0 Å². The number of aryl methyl sites for hydroxylation is 2. The lowest BCUT2D eigenvalue weighted by molar-refractivity contribution is -0.0545. The molecular weight excluding hydrogens is 464 g/mol. The first kappa shape index (κ1) is 23.0. The average molecular weight is 497 g/mol. The summed E-state index contributed by atoms with van der Waals surface area (Å²) in [4.78, 5) is 18.7. The first-order valence-corrected chi connectivity index (χ1v) is 13.3. The number of pyridine rings is 1. The predicted molar refractivity (Wildman–Crippen MR) is 135 cm³/mol. The van der Waals surface area contributed by atoms with Crippen molar-refractivity contribution in [3.63, 3.8) is 0 Å². The lowest BCUT2D eigenvalue weighted by atomic mass is 9.72. The van der Waals surface area contributed by atoms with Crippen molar-refractivity contribution in [2.24, 2.45) is 17.3 Å². The molecule has 6 rings (SSSR count). The standard InChI is InChI=1S/C25H32N6O3S/c1-13-18(22-29-19-14(2)26-8-4-17(19)35-22)21(31-25(34)5-3-16(12-32)20(25)33)30-23(28-13)27-11-15-9-24(10-15)6-7-24/h4,8,15-16,20,32-34H,3,5-7,9-12H2,1-2H3,(H2,27,28,30,31)/t16-,20-,25+/m1/s1. The van der Waals surface area contributed by atoms with Crippen molar-refractivity contribution >= 4 is 33.3 Å². The Morgan fingerprint density at radius 1 is 1.11 bits per heavy atom. The fourth-order valence-electron chi connectivity index (χ4n) is 5.85. The maximum absolute atomic E-state index is 11.3. The van der Waals surface area contributed by atoms with Gasteiger partial charge in [0.05, 0.1) is 21.7 Å². The van der Waals surface area contributed by atoms with Crippen LogP contribution in [0.25, 0.3) is 20.8 Å². The van der Waals surface area contributed by atoms with Crippen LogP contribution in [-0.2, 0) is 0 Å². The summed E-state index contributed by atoms with van der Waals surface area (Å²) in [5.41, 5.74) is 2.16. The predicted octanol–water partition coefficient (Wildman–Crippen LogP) is 3.23. The van der Waals surface area contributed by atoms with E-state index in [9.17, 15) is 15.3 Å². The zero-order chi connectivity index (χ0) is 24.4. The largest absolute Gasteiger partial charge is 0.396 e. The van der Waals surface area contributed by atoms with Crippen LogP contribution in [0.2, 0.25) is 0 Å². The van der Waals surface area contributed by atoms with Crippen molar-refractivity contribution in [2.75, 3.05) is 23.8 Å². The lowest BCUT2D eigenvalue weighted by Gasteiger charge is -2.36. The van der Waals surface area contributed by atoms with E-state index in [1.165, 1.54) is 37.0 Å². The lowest BCUT2D eigenvalue weighted by Crippen LogP contribution is -2.48. The molecule has 35 heavy (non-hydrogen) atoms. The molecule has 0 radical (unpaired) electrons. The Morgan fingerprint density at radius 3 is 2.60 bits per heavy atom. The van der Waals surface area contributed by atoms with Gasteiger partial charge in [0.1, 0.15) is 22.4 Å². The topological polar surface area (TPSA) is 136 Å². The first-order chi connectivity index (χ1) is 16.8. The minimum atomic E-state index is -1.60. The van der Waals surface area contributed by atoms with Gasteiger partial charge in [-0.1, -0.05) is 0 Å². The minimum absolute atomic E-state index is 0.180. The number of rotatable bonds is 7. The third kappa shape index (κ3) is 4.06. The molecule has 3 fully saturated rings. The number of thiazole rings is 1. The van der Waals surface area contributed by atoms with Gasteiger partial charge in [0, 0.05) is 25.3 Å². The third-order valence-corrected chi connectivity index (χ3v) is 9.18. The number of hydrogen-bond acceptors (Lipinski definition) is 10. The molecule has 1 spiro atoms. The Balaban J connectivity index is 1.35. The summed E-state index contributed by atoms with van der Waals surface area (Å²) in [5.74, 6) is 1.18. The second-order valence-electron chi connectivity index (χ2n) is 10.7. The zero-order valence-electron chi connectivity index (χ0n) is 20.1. The molecule has 3 heterocycles. The minimum Gasteiger partial charge on any atom is -0.396 e. The molecule has 0 saturated heterocycles. The van der Waals surface area contributed by atoms with Gasteiger partial charge < -0.3 is 26.0 Å². The second kappa shape index (κ2) is 8.33. The number of aliphatic hydroxyl groups is 3. The highest BCUT2D eigenvalue weighted by Gasteiger charge is 2.52. The molecule has 0 aromatic carbocycles. The number of hydrogen-bond donors (Lipinski definition) is 5. The molecule has 0 unspecified atom stereocenters. The monoisotopic (exact) mass is 496 g/mol. The van der Waals surface area contributed by atoms with Crippen LogP contribution in [0.15, 0.2) is 12.3 Å². The van der Waals surface area contributed by atoms with Gasteiger partial charge in [-0.15, -0.1) is 11.3 Å². The molecule has 9 nitrogen and oxygen atoms in total. The average Bonchev–Trinajstić information content (AvgIpc) is 3.40. The SMILES string of the molecule is Cc1nc(NCC2CC3(CC3)C2)nc(N[C@]2(O)CC[C@H](CO)[C@H]2O)c1-c1nc2c(C)nccc2s1. The number of aromatic nitrogens is 4. The molecule has 3 saturated carbocycles. The summed E-state index contributed by atoms with van der Waals surface area (Å²) < 4.78 is 1.01. The fraction of sp³-hybridized carbons (Fsp3) is 0.600.